The van der Waals surface area contributed by atoms with E-state index >= 15 is 0 Å². The summed E-state index contributed by atoms with van der Waals surface area (Å²) in [6, 6.07) is 13.1. The molecular formula is C17H19NO3. The first kappa shape index (κ1) is 13.9. The molecule has 1 aromatic carbocycles. The van der Waals surface area contributed by atoms with Crippen molar-refractivity contribution >= 4 is 5.91 Å². The molecule has 4 heteroatoms. The number of carbonyl (C=O) groups is 1. The van der Waals surface area contributed by atoms with E-state index in [1.54, 1.807) is 18.4 Å². The third kappa shape index (κ3) is 3.00. The fourth-order valence-corrected chi connectivity index (χ4v) is 2.63. The molecule has 3 rings (SSSR count). The van der Waals surface area contributed by atoms with Gasteiger partial charge in [-0.05, 0) is 37.0 Å². The van der Waals surface area contributed by atoms with E-state index in [4.69, 9.17) is 4.42 Å². The molecule has 1 atom stereocenters. The van der Waals surface area contributed by atoms with Crippen molar-refractivity contribution in [1.29, 1.82) is 0 Å². The summed E-state index contributed by atoms with van der Waals surface area (Å²) in [5.41, 5.74) is 0.852. The minimum absolute atomic E-state index is 0.00167. The predicted octanol–water partition coefficient (Wildman–Crippen LogP) is 2.45. The third-order valence-electron chi connectivity index (χ3n) is 4.10. The average Bonchev–Trinajstić information content (AvgIpc) is 3.09. The number of rotatable bonds is 6. The number of benzene rings is 1. The monoisotopic (exact) mass is 285 g/mol. The van der Waals surface area contributed by atoms with Crippen molar-refractivity contribution in [2.45, 2.75) is 25.3 Å². The smallest absolute Gasteiger partial charge is 0.227 e. The Morgan fingerprint density at radius 3 is 2.57 bits per heavy atom. The van der Waals surface area contributed by atoms with Crippen molar-refractivity contribution < 1.29 is 14.3 Å². The summed E-state index contributed by atoms with van der Waals surface area (Å²) in [6.07, 6.45) is 4.07. The quantitative estimate of drug-likeness (QED) is 0.857. The molecule has 2 aromatic rings. The Hall–Kier alpha value is -2.07. The lowest BCUT2D eigenvalue weighted by Gasteiger charge is -2.20. The van der Waals surface area contributed by atoms with E-state index in [0.29, 0.717) is 5.76 Å². The zero-order valence-corrected chi connectivity index (χ0v) is 11.8. The van der Waals surface area contributed by atoms with Crippen LogP contribution in [0.5, 0.6) is 0 Å². The minimum atomic E-state index is -0.472. The molecule has 110 valence electrons. The molecule has 0 bridgehead atoms. The van der Waals surface area contributed by atoms with Crippen LogP contribution in [0.25, 0.3) is 0 Å². The van der Waals surface area contributed by atoms with Crippen LogP contribution in [-0.2, 0) is 11.2 Å². The first-order valence-corrected chi connectivity index (χ1v) is 7.23. The molecule has 0 radical (unpaired) electrons. The molecule has 1 heterocycles. The molecule has 2 N–H and O–H groups in total. The van der Waals surface area contributed by atoms with Crippen molar-refractivity contribution in [3.05, 3.63) is 60.1 Å². The zero-order chi connectivity index (χ0) is 14.7. The second-order valence-corrected chi connectivity index (χ2v) is 5.67. The Bertz CT molecular complexity index is 588. The number of aliphatic hydroxyl groups excluding tert-OH is 1. The molecule has 0 spiro atoms. The third-order valence-corrected chi connectivity index (χ3v) is 4.10. The van der Waals surface area contributed by atoms with Crippen LogP contribution in [-0.4, -0.2) is 17.6 Å². The number of amides is 1. The second-order valence-electron chi connectivity index (χ2n) is 5.67. The van der Waals surface area contributed by atoms with Crippen LogP contribution < -0.4 is 5.32 Å². The maximum atomic E-state index is 12.5. The Kier molecular flexibility index (Phi) is 3.80. The van der Waals surface area contributed by atoms with Crippen LogP contribution in [0.4, 0.5) is 0 Å². The van der Waals surface area contributed by atoms with Crippen molar-refractivity contribution in [1.82, 2.24) is 5.32 Å². The SMILES string of the molecule is O=C(NC(CO)c1ccco1)C1(Cc2ccccc2)CC1. The molecule has 1 fully saturated rings. The number of carbonyl (C=O) groups excluding carboxylic acids is 1. The van der Waals surface area contributed by atoms with E-state index in [0.717, 1.165) is 19.3 Å². The van der Waals surface area contributed by atoms with Gasteiger partial charge in [-0.3, -0.25) is 4.79 Å². The highest BCUT2D eigenvalue weighted by molar-refractivity contribution is 5.86. The van der Waals surface area contributed by atoms with Gasteiger partial charge in [-0.15, -0.1) is 0 Å². The second kappa shape index (κ2) is 5.74. The summed E-state index contributed by atoms with van der Waals surface area (Å²) in [5, 5.41) is 12.4. The molecule has 4 nitrogen and oxygen atoms in total. The van der Waals surface area contributed by atoms with E-state index in [9.17, 15) is 9.90 Å². The van der Waals surface area contributed by atoms with Gasteiger partial charge < -0.3 is 14.8 Å². The van der Waals surface area contributed by atoms with Crippen LogP contribution in [0.15, 0.2) is 53.1 Å². The van der Waals surface area contributed by atoms with Gasteiger partial charge in [-0.2, -0.15) is 0 Å². The zero-order valence-electron chi connectivity index (χ0n) is 11.8. The summed E-state index contributed by atoms with van der Waals surface area (Å²) in [5.74, 6) is 0.586. The fraction of sp³-hybridized carbons (Fsp3) is 0.353. The van der Waals surface area contributed by atoms with Gasteiger partial charge in [0, 0.05) is 0 Å². The van der Waals surface area contributed by atoms with Crippen LogP contribution in [0, 0.1) is 5.41 Å². The maximum Gasteiger partial charge on any atom is 0.227 e. The van der Waals surface area contributed by atoms with Gasteiger partial charge in [-0.1, -0.05) is 30.3 Å². The summed E-state index contributed by atoms with van der Waals surface area (Å²) < 4.78 is 5.26. The van der Waals surface area contributed by atoms with E-state index < -0.39 is 6.04 Å². The first-order chi connectivity index (χ1) is 10.2. The minimum Gasteiger partial charge on any atom is -0.467 e. The molecular weight excluding hydrogens is 266 g/mol. The van der Waals surface area contributed by atoms with Crippen molar-refractivity contribution in [3.8, 4) is 0 Å². The van der Waals surface area contributed by atoms with Crippen LogP contribution in [0.1, 0.15) is 30.2 Å². The molecule has 1 unspecified atom stereocenters. The van der Waals surface area contributed by atoms with Gasteiger partial charge in [-0.25, -0.2) is 0 Å². The van der Waals surface area contributed by atoms with Gasteiger partial charge in [0.05, 0.1) is 18.3 Å². The Labute approximate surface area is 123 Å². The molecule has 1 aliphatic carbocycles. The van der Waals surface area contributed by atoms with Gasteiger partial charge >= 0.3 is 0 Å². The maximum absolute atomic E-state index is 12.5. The standard InChI is InChI=1S/C17H19NO3/c19-12-14(15-7-4-10-21-15)18-16(20)17(8-9-17)11-13-5-2-1-3-6-13/h1-7,10,14,19H,8-9,11-12H2,(H,18,20). The van der Waals surface area contributed by atoms with Gasteiger partial charge in [0.25, 0.3) is 0 Å². The summed E-state index contributed by atoms with van der Waals surface area (Å²) in [7, 11) is 0. The summed E-state index contributed by atoms with van der Waals surface area (Å²) in [4.78, 5) is 12.5. The molecule has 1 amide bonds. The highest BCUT2D eigenvalue weighted by atomic mass is 16.3. The van der Waals surface area contributed by atoms with Crippen molar-refractivity contribution in [3.63, 3.8) is 0 Å². The molecule has 0 saturated heterocycles. The first-order valence-electron chi connectivity index (χ1n) is 7.23. The number of furan rings is 1. The van der Waals surface area contributed by atoms with E-state index in [1.165, 1.54) is 5.56 Å². The van der Waals surface area contributed by atoms with Crippen LogP contribution >= 0.6 is 0 Å². The molecule has 1 aromatic heterocycles. The van der Waals surface area contributed by atoms with E-state index in [2.05, 4.69) is 5.32 Å². The number of hydrogen-bond donors (Lipinski definition) is 2. The number of hydrogen-bond acceptors (Lipinski definition) is 3. The average molecular weight is 285 g/mol. The predicted molar refractivity (Wildman–Crippen MR) is 78.5 cm³/mol. The van der Waals surface area contributed by atoms with E-state index in [1.807, 2.05) is 30.3 Å². The largest absolute Gasteiger partial charge is 0.467 e. The highest BCUT2D eigenvalue weighted by Crippen LogP contribution is 2.49. The van der Waals surface area contributed by atoms with Gasteiger partial charge in [0.1, 0.15) is 11.8 Å². The number of nitrogens with one attached hydrogen (secondary N) is 1. The Morgan fingerprint density at radius 1 is 1.24 bits per heavy atom. The topological polar surface area (TPSA) is 62.5 Å². The number of aliphatic hydroxyl groups is 1. The Morgan fingerprint density at radius 2 is 2.00 bits per heavy atom. The van der Waals surface area contributed by atoms with Gasteiger partial charge in [0.2, 0.25) is 5.91 Å². The summed E-state index contributed by atoms with van der Waals surface area (Å²) >= 11 is 0. The highest BCUT2D eigenvalue weighted by Gasteiger charge is 2.50. The molecule has 21 heavy (non-hydrogen) atoms. The lowest BCUT2D eigenvalue weighted by Crippen LogP contribution is -2.37. The summed E-state index contributed by atoms with van der Waals surface area (Å²) in [6.45, 7) is -0.166. The van der Waals surface area contributed by atoms with Gasteiger partial charge in [0.15, 0.2) is 0 Å². The van der Waals surface area contributed by atoms with Crippen molar-refractivity contribution in [2.24, 2.45) is 5.41 Å². The molecule has 0 aliphatic heterocycles. The molecule has 1 saturated carbocycles. The lowest BCUT2D eigenvalue weighted by molar-refractivity contribution is -0.127. The van der Waals surface area contributed by atoms with Crippen LogP contribution in [0.3, 0.4) is 0 Å². The van der Waals surface area contributed by atoms with E-state index in [-0.39, 0.29) is 17.9 Å². The van der Waals surface area contributed by atoms with Crippen LogP contribution in [0.2, 0.25) is 0 Å². The normalized spacial score (nSPS) is 17.2. The van der Waals surface area contributed by atoms with Crippen molar-refractivity contribution in [2.75, 3.05) is 6.61 Å². The Balaban J connectivity index is 1.67. The lowest BCUT2D eigenvalue weighted by atomic mass is 9.95. The fourth-order valence-electron chi connectivity index (χ4n) is 2.63. The molecule has 1 aliphatic rings.